The molecule has 132 valence electrons. The molecule has 23 heavy (non-hydrogen) atoms. The van der Waals surface area contributed by atoms with Crippen molar-refractivity contribution in [2.45, 2.75) is 41.0 Å². The molecule has 1 saturated heterocycles. The van der Waals surface area contributed by atoms with E-state index >= 15 is 0 Å². The molecule has 4 nitrogen and oxygen atoms in total. The molecule has 1 fully saturated rings. The number of hydrogen-bond donors (Lipinski definition) is 1. The minimum Gasteiger partial charge on any atom is -0.379 e. The van der Waals surface area contributed by atoms with Crippen LogP contribution in [0.5, 0.6) is 0 Å². The van der Waals surface area contributed by atoms with E-state index < -0.39 is 0 Å². The number of aryl methyl sites for hydroxylation is 1. The molecule has 0 aliphatic carbocycles. The molecule has 0 aromatic heterocycles. The van der Waals surface area contributed by atoms with Gasteiger partial charge in [-0.3, -0.25) is 9.69 Å². The van der Waals surface area contributed by atoms with Crippen LogP contribution in [0.25, 0.3) is 0 Å². The molecule has 0 radical (unpaired) electrons. The fourth-order valence-electron chi connectivity index (χ4n) is 2.14. The molecule has 1 N–H and O–H groups in total. The lowest BCUT2D eigenvalue weighted by Crippen LogP contribution is -2.38. The van der Waals surface area contributed by atoms with Gasteiger partial charge in [0.05, 0.1) is 13.2 Å². The van der Waals surface area contributed by atoms with Gasteiger partial charge in [0.2, 0.25) is 0 Å². The van der Waals surface area contributed by atoms with Gasteiger partial charge < -0.3 is 10.1 Å². The van der Waals surface area contributed by atoms with Crippen molar-refractivity contribution in [3.05, 3.63) is 35.4 Å². The first kappa shape index (κ1) is 21.6. The number of benzene rings is 1. The molecule has 0 spiro atoms. The van der Waals surface area contributed by atoms with Crippen molar-refractivity contribution in [2.24, 2.45) is 0 Å². The lowest BCUT2D eigenvalue weighted by atomic mass is 10.1. The number of carbonyl (C=O) groups is 1. The van der Waals surface area contributed by atoms with Crippen molar-refractivity contribution in [1.82, 2.24) is 10.2 Å². The first-order chi connectivity index (χ1) is 11.3. The predicted octanol–water partition coefficient (Wildman–Crippen LogP) is 3.50. The Balaban J connectivity index is 0.00000112. The highest BCUT2D eigenvalue weighted by Gasteiger charge is 2.09. The van der Waals surface area contributed by atoms with Crippen LogP contribution in [0.2, 0.25) is 0 Å². The summed E-state index contributed by atoms with van der Waals surface area (Å²) in [7, 11) is 0. The minimum absolute atomic E-state index is 0.0157. The highest BCUT2D eigenvalue weighted by atomic mass is 16.5. The van der Waals surface area contributed by atoms with E-state index in [1.54, 1.807) is 0 Å². The third kappa shape index (κ3) is 9.36. The van der Waals surface area contributed by atoms with Crippen LogP contribution in [-0.4, -0.2) is 50.2 Å². The standard InChI is InChI=1S/C15H22N2O2.2C2H6/c1-13-3-5-14(6-4-13)15(18)16-7-2-8-17-9-11-19-12-10-17;2*1-2/h3-6H,2,7-12H2,1H3,(H,16,18);2*1-2H3. The molecule has 1 aromatic rings. The summed E-state index contributed by atoms with van der Waals surface area (Å²) < 4.78 is 5.30. The highest BCUT2D eigenvalue weighted by molar-refractivity contribution is 5.94. The average molecular weight is 322 g/mol. The summed E-state index contributed by atoms with van der Waals surface area (Å²) in [5.41, 5.74) is 1.90. The number of hydrogen-bond acceptors (Lipinski definition) is 3. The zero-order valence-corrected chi connectivity index (χ0v) is 15.5. The lowest BCUT2D eigenvalue weighted by molar-refractivity contribution is 0.0374. The summed E-state index contributed by atoms with van der Waals surface area (Å²) in [5, 5.41) is 2.96. The zero-order chi connectivity index (χ0) is 17.5. The average Bonchev–Trinajstić information content (AvgIpc) is 2.63. The Bertz CT molecular complexity index is 398. The van der Waals surface area contributed by atoms with Crippen LogP contribution in [0.15, 0.2) is 24.3 Å². The van der Waals surface area contributed by atoms with Crippen molar-refractivity contribution in [1.29, 1.82) is 0 Å². The first-order valence-electron chi connectivity index (χ1n) is 8.91. The molecule has 1 heterocycles. The van der Waals surface area contributed by atoms with Gasteiger partial charge in [0.1, 0.15) is 0 Å². The largest absolute Gasteiger partial charge is 0.379 e. The number of carbonyl (C=O) groups excluding carboxylic acids is 1. The second-order valence-electron chi connectivity index (χ2n) is 4.93. The Morgan fingerprint density at radius 2 is 1.65 bits per heavy atom. The van der Waals surface area contributed by atoms with Crippen LogP contribution < -0.4 is 5.32 Å². The number of morpholine rings is 1. The first-order valence-corrected chi connectivity index (χ1v) is 8.91. The SMILES string of the molecule is CC.CC.Cc1ccc(C(=O)NCCCN2CCOCC2)cc1. The second kappa shape index (κ2) is 14.2. The summed E-state index contributed by atoms with van der Waals surface area (Å²) in [6.45, 7) is 15.4. The zero-order valence-electron chi connectivity index (χ0n) is 15.5. The lowest BCUT2D eigenvalue weighted by Gasteiger charge is -2.26. The fraction of sp³-hybridized carbons (Fsp3) is 0.632. The van der Waals surface area contributed by atoms with E-state index in [1.807, 2.05) is 58.9 Å². The molecule has 1 amide bonds. The van der Waals surface area contributed by atoms with Crippen molar-refractivity contribution in [3.8, 4) is 0 Å². The van der Waals surface area contributed by atoms with Gasteiger partial charge in [-0.05, 0) is 32.0 Å². The maximum Gasteiger partial charge on any atom is 0.251 e. The van der Waals surface area contributed by atoms with Crippen LogP contribution in [-0.2, 0) is 4.74 Å². The molecule has 1 aliphatic heterocycles. The third-order valence-electron chi connectivity index (χ3n) is 3.35. The maximum atomic E-state index is 11.9. The number of rotatable bonds is 5. The Morgan fingerprint density at radius 1 is 1.09 bits per heavy atom. The molecule has 2 rings (SSSR count). The third-order valence-corrected chi connectivity index (χ3v) is 3.35. The molecule has 1 aromatic carbocycles. The Kier molecular flexibility index (Phi) is 13.4. The Hall–Kier alpha value is -1.39. The van der Waals surface area contributed by atoms with Crippen molar-refractivity contribution in [3.63, 3.8) is 0 Å². The highest BCUT2D eigenvalue weighted by Crippen LogP contribution is 2.03. The Labute approximate surface area is 142 Å². The molecule has 1 aliphatic rings. The normalized spacial score (nSPS) is 14.0. The van der Waals surface area contributed by atoms with E-state index in [9.17, 15) is 4.79 Å². The van der Waals surface area contributed by atoms with Gasteiger partial charge in [0, 0.05) is 25.2 Å². The molecule has 0 saturated carbocycles. The minimum atomic E-state index is 0.0157. The molecule has 0 unspecified atom stereocenters. The van der Waals surface area contributed by atoms with E-state index in [0.29, 0.717) is 0 Å². The van der Waals surface area contributed by atoms with Crippen molar-refractivity contribution < 1.29 is 9.53 Å². The molecule has 0 bridgehead atoms. The van der Waals surface area contributed by atoms with Crippen LogP contribution in [0, 0.1) is 6.92 Å². The Morgan fingerprint density at radius 3 is 2.22 bits per heavy atom. The summed E-state index contributed by atoms with van der Waals surface area (Å²) >= 11 is 0. The number of nitrogens with one attached hydrogen (secondary N) is 1. The molecule has 0 atom stereocenters. The summed E-state index contributed by atoms with van der Waals surface area (Å²) in [6, 6.07) is 7.66. The predicted molar refractivity (Wildman–Crippen MR) is 98.1 cm³/mol. The maximum absolute atomic E-state index is 11.9. The molecular formula is C19H34N2O2. The van der Waals surface area contributed by atoms with Crippen LogP contribution in [0.4, 0.5) is 0 Å². The fourth-order valence-corrected chi connectivity index (χ4v) is 2.14. The van der Waals surface area contributed by atoms with Crippen LogP contribution in [0.1, 0.15) is 50.0 Å². The topological polar surface area (TPSA) is 41.6 Å². The van der Waals surface area contributed by atoms with E-state index in [1.165, 1.54) is 5.56 Å². The number of ether oxygens (including phenoxy) is 1. The van der Waals surface area contributed by atoms with Crippen molar-refractivity contribution >= 4 is 5.91 Å². The van der Waals surface area contributed by atoms with Crippen LogP contribution >= 0.6 is 0 Å². The molecule has 4 heteroatoms. The smallest absolute Gasteiger partial charge is 0.251 e. The monoisotopic (exact) mass is 322 g/mol. The van der Waals surface area contributed by atoms with Gasteiger partial charge >= 0.3 is 0 Å². The second-order valence-corrected chi connectivity index (χ2v) is 4.93. The van der Waals surface area contributed by atoms with E-state index in [2.05, 4.69) is 10.2 Å². The van der Waals surface area contributed by atoms with Crippen LogP contribution in [0.3, 0.4) is 0 Å². The van der Waals surface area contributed by atoms with Gasteiger partial charge in [-0.2, -0.15) is 0 Å². The van der Waals surface area contributed by atoms with Gasteiger partial charge in [-0.1, -0.05) is 45.4 Å². The summed E-state index contributed by atoms with van der Waals surface area (Å²) in [6.07, 6.45) is 0.984. The van der Waals surface area contributed by atoms with Gasteiger partial charge in [-0.25, -0.2) is 0 Å². The number of amides is 1. The molecular weight excluding hydrogens is 288 g/mol. The van der Waals surface area contributed by atoms with E-state index in [-0.39, 0.29) is 5.91 Å². The van der Waals surface area contributed by atoms with E-state index in [4.69, 9.17) is 4.74 Å². The van der Waals surface area contributed by atoms with Gasteiger partial charge in [0.25, 0.3) is 5.91 Å². The summed E-state index contributed by atoms with van der Waals surface area (Å²) in [5.74, 6) is 0.0157. The number of nitrogens with zero attached hydrogens (tertiary/aromatic N) is 1. The summed E-state index contributed by atoms with van der Waals surface area (Å²) in [4.78, 5) is 14.2. The van der Waals surface area contributed by atoms with Gasteiger partial charge in [0.15, 0.2) is 0 Å². The quantitative estimate of drug-likeness (QED) is 0.844. The van der Waals surface area contributed by atoms with Gasteiger partial charge in [-0.15, -0.1) is 0 Å². The van der Waals surface area contributed by atoms with Crippen molar-refractivity contribution in [2.75, 3.05) is 39.4 Å². The van der Waals surface area contributed by atoms with E-state index in [0.717, 1.165) is 51.4 Å².